The first-order valence-corrected chi connectivity index (χ1v) is 7.91. The van der Waals surface area contributed by atoms with E-state index < -0.39 is 15.8 Å². The molecule has 1 aromatic heterocycles. The lowest BCUT2D eigenvalue weighted by atomic mass is 10.2. The third-order valence-electron chi connectivity index (χ3n) is 2.92. The van der Waals surface area contributed by atoms with Crippen LogP contribution < -0.4 is 0 Å². The normalized spacial score (nSPS) is 11.8. The number of hydrogen-bond acceptors (Lipinski definition) is 5. The number of carboxylic acids is 1. The molecule has 0 amide bonds. The third-order valence-corrected chi connectivity index (χ3v) is 4.54. The zero-order valence-electron chi connectivity index (χ0n) is 11.6. The molecule has 1 heterocycles. The van der Waals surface area contributed by atoms with E-state index in [0.29, 0.717) is 5.82 Å². The number of rotatable bonds is 5. The van der Waals surface area contributed by atoms with Gasteiger partial charge >= 0.3 is 5.97 Å². The van der Waals surface area contributed by atoms with Gasteiger partial charge in [-0.2, -0.15) is 5.10 Å². The Morgan fingerprint density at radius 3 is 2.43 bits per heavy atom. The molecule has 2 rings (SSSR count). The topological polar surface area (TPSA) is 102 Å². The van der Waals surface area contributed by atoms with Crippen molar-refractivity contribution < 1.29 is 18.3 Å². The maximum Gasteiger partial charge on any atom is 0.335 e. The van der Waals surface area contributed by atoms with E-state index in [4.69, 9.17) is 5.11 Å². The number of aromatic nitrogens is 3. The lowest BCUT2D eigenvalue weighted by molar-refractivity contribution is 0.0696. The van der Waals surface area contributed by atoms with Gasteiger partial charge in [-0.1, -0.05) is 0 Å². The second-order valence-corrected chi connectivity index (χ2v) is 6.79. The van der Waals surface area contributed by atoms with Gasteiger partial charge in [-0.05, 0) is 38.1 Å². The molecule has 0 saturated carbocycles. The van der Waals surface area contributed by atoms with Crippen molar-refractivity contribution in [1.82, 2.24) is 14.8 Å². The van der Waals surface area contributed by atoms with Crippen molar-refractivity contribution >= 4 is 15.8 Å². The second-order valence-electron chi connectivity index (χ2n) is 4.80. The fourth-order valence-electron chi connectivity index (χ4n) is 1.87. The molecular formula is C13H15N3O4S. The minimum absolute atomic E-state index is 0.00656. The Kier molecular flexibility index (Phi) is 4.08. The summed E-state index contributed by atoms with van der Waals surface area (Å²) in [7, 11) is -3.60. The third kappa shape index (κ3) is 3.27. The van der Waals surface area contributed by atoms with Crippen LogP contribution in [0.25, 0.3) is 0 Å². The van der Waals surface area contributed by atoms with Crippen molar-refractivity contribution in [3.63, 3.8) is 0 Å². The Bertz CT molecular complexity index is 748. The zero-order valence-corrected chi connectivity index (χ0v) is 12.4. The molecule has 112 valence electrons. The zero-order chi connectivity index (χ0) is 15.6. The van der Waals surface area contributed by atoms with Crippen molar-refractivity contribution in [3.05, 3.63) is 42.0 Å². The van der Waals surface area contributed by atoms with Gasteiger partial charge in [0.15, 0.2) is 9.84 Å². The summed E-state index contributed by atoms with van der Waals surface area (Å²) in [6.45, 7) is 3.76. The highest BCUT2D eigenvalue weighted by molar-refractivity contribution is 7.90. The van der Waals surface area contributed by atoms with E-state index in [9.17, 15) is 13.2 Å². The molecule has 8 heteroatoms. The summed E-state index contributed by atoms with van der Waals surface area (Å²) in [6, 6.07) is 5.11. The van der Waals surface area contributed by atoms with E-state index in [0.717, 1.165) is 0 Å². The molecule has 2 aromatic rings. The smallest absolute Gasteiger partial charge is 0.335 e. The van der Waals surface area contributed by atoms with E-state index in [1.54, 1.807) is 4.68 Å². The minimum Gasteiger partial charge on any atom is -0.478 e. The van der Waals surface area contributed by atoms with Crippen molar-refractivity contribution in [2.24, 2.45) is 0 Å². The molecular weight excluding hydrogens is 294 g/mol. The Labute approximate surface area is 122 Å². The molecule has 0 aliphatic heterocycles. The quantitative estimate of drug-likeness (QED) is 0.898. The maximum absolute atomic E-state index is 12.3. The molecule has 7 nitrogen and oxygen atoms in total. The maximum atomic E-state index is 12.3. The Balaban J connectivity index is 2.30. The first-order valence-electron chi connectivity index (χ1n) is 6.26. The lowest BCUT2D eigenvalue weighted by Gasteiger charge is -2.10. The number of carboxylic acid groups (broad SMARTS) is 1. The SMILES string of the molecule is CC(C)n1ncnc1CS(=O)(=O)c1ccc(C(=O)O)cc1. The van der Waals surface area contributed by atoms with Crippen LogP contribution in [0.5, 0.6) is 0 Å². The van der Waals surface area contributed by atoms with Gasteiger partial charge in [0.25, 0.3) is 0 Å². The van der Waals surface area contributed by atoms with Gasteiger partial charge in [0.05, 0.1) is 10.5 Å². The predicted octanol–water partition coefficient (Wildman–Crippen LogP) is 1.53. The molecule has 0 saturated heterocycles. The Morgan fingerprint density at radius 1 is 1.29 bits per heavy atom. The largest absolute Gasteiger partial charge is 0.478 e. The predicted molar refractivity (Wildman–Crippen MR) is 74.7 cm³/mol. The molecule has 1 N–H and O–H groups in total. The van der Waals surface area contributed by atoms with E-state index in [-0.39, 0.29) is 22.3 Å². The summed E-state index contributed by atoms with van der Waals surface area (Å²) < 4.78 is 26.2. The number of carbonyl (C=O) groups is 1. The summed E-state index contributed by atoms with van der Waals surface area (Å²) >= 11 is 0. The van der Waals surface area contributed by atoms with Gasteiger partial charge < -0.3 is 5.11 Å². The summed E-state index contributed by atoms with van der Waals surface area (Å²) in [5.41, 5.74) is 0.0410. The van der Waals surface area contributed by atoms with Crippen molar-refractivity contribution in [1.29, 1.82) is 0 Å². The first-order chi connectivity index (χ1) is 9.81. The molecule has 0 unspecified atom stereocenters. The summed E-state index contributed by atoms with van der Waals surface area (Å²) in [4.78, 5) is 14.8. The molecule has 0 aliphatic carbocycles. The van der Waals surface area contributed by atoms with Crippen LogP contribution in [-0.2, 0) is 15.6 Å². The van der Waals surface area contributed by atoms with Crippen LogP contribution in [0.1, 0.15) is 36.1 Å². The highest BCUT2D eigenvalue weighted by atomic mass is 32.2. The highest BCUT2D eigenvalue weighted by Gasteiger charge is 2.20. The summed E-state index contributed by atoms with van der Waals surface area (Å²) in [5.74, 6) is -1.02. The number of benzene rings is 1. The lowest BCUT2D eigenvalue weighted by Crippen LogP contribution is -2.13. The number of aromatic carboxylic acids is 1. The van der Waals surface area contributed by atoms with Crippen LogP contribution in [0, 0.1) is 0 Å². The fourth-order valence-corrected chi connectivity index (χ4v) is 3.13. The van der Waals surface area contributed by atoms with Gasteiger partial charge in [-0.15, -0.1) is 0 Å². The Morgan fingerprint density at radius 2 is 1.90 bits per heavy atom. The fraction of sp³-hybridized carbons (Fsp3) is 0.308. The molecule has 21 heavy (non-hydrogen) atoms. The van der Waals surface area contributed by atoms with Gasteiger partial charge in [-0.25, -0.2) is 22.9 Å². The van der Waals surface area contributed by atoms with Crippen LogP contribution in [0.4, 0.5) is 0 Å². The Hall–Kier alpha value is -2.22. The number of nitrogens with zero attached hydrogens (tertiary/aromatic N) is 3. The van der Waals surface area contributed by atoms with E-state index >= 15 is 0 Å². The number of hydrogen-bond donors (Lipinski definition) is 1. The van der Waals surface area contributed by atoms with Gasteiger partial charge in [0.2, 0.25) is 0 Å². The van der Waals surface area contributed by atoms with Gasteiger partial charge in [0, 0.05) is 6.04 Å². The monoisotopic (exact) mass is 309 g/mol. The molecule has 0 atom stereocenters. The van der Waals surface area contributed by atoms with Crippen LogP contribution >= 0.6 is 0 Å². The van der Waals surface area contributed by atoms with Gasteiger partial charge in [0.1, 0.15) is 17.9 Å². The van der Waals surface area contributed by atoms with E-state index in [1.807, 2.05) is 13.8 Å². The highest BCUT2D eigenvalue weighted by Crippen LogP contribution is 2.17. The minimum atomic E-state index is -3.60. The summed E-state index contributed by atoms with van der Waals surface area (Å²) in [6.07, 6.45) is 1.32. The van der Waals surface area contributed by atoms with Gasteiger partial charge in [-0.3, -0.25) is 0 Å². The van der Waals surface area contributed by atoms with E-state index in [2.05, 4.69) is 10.1 Å². The first kappa shape index (κ1) is 15.2. The van der Waals surface area contributed by atoms with E-state index in [1.165, 1.54) is 30.6 Å². The average Bonchev–Trinajstić information content (AvgIpc) is 2.86. The summed E-state index contributed by atoms with van der Waals surface area (Å²) in [5, 5.41) is 12.8. The molecule has 1 aromatic carbocycles. The molecule has 0 spiro atoms. The van der Waals surface area contributed by atoms with Crippen LogP contribution in [0.3, 0.4) is 0 Å². The van der Waals surface area contributed by atoms with Crippen LogP contribution in [0.15, 0.2) is 35.5 Å². The standard InChI is InChI=1S/C13H15N3O4S/c1-9(2)16-12(14-8-15-16)7-21(19,20)11-5-3-10(4-6-11)13(17)18/h3-6,8-9H,7H2,1-2H3,(H,17,18). The molecule has 0 bridgehead atoms. The second kappa shape index (κ2) is 5.65. The van der Waals surface area contributed by atoms with Crippen molar-refractivity contribution in [3.8, 4) is 0 Å². The average molecular weight is 309 g/mol. The number of sulfone groups is 1. The van der Waals surface area contributed by atoms with Crippen LogP contribution in [0.2, 0.25) is 0 Å². The van der Waals surface area contributed by atoms with Crippen molar-refractivity contribution in [2.45, 2.75) is 30.5 Å². The molecule has 0 fully saturated rings. The van der Waals surface area contributed by atoms with Crippen molar-refractivity contribution in [2.75, 3.05) is 0 Å². The molecule has 0 aliphatic rings. The molecule has 0 radical (unpaired) electrons. The van der Waals surface area contributed by atoms with Crippen LogP contribution in [-0.4, -0.2) is 34.3 Å².